The van der Waals surface area contributed by atoms with Crippen LogP contribution in [-0.4, -0.2) is 29.1 Å². The van der Waals surface area contributed by atoms with E-state index in [4.69, 9.17) is 5.11 Å². The van der Waals surface area contributed by atoms with Crippen LogP contribution < -0.4 is 0 Å². The van der Waals surface area contributed by atoms with Gasteiger partial charge in [-0.25, -0.2) is 4.79 Å². The maximum absolute atomic E-state index is 10.7. The van der Waals surface area contributed by atoms with Crippen LogP contribution >= 0.6 is 0 Å². The van der Waals surface area contributed by atoms with E-state index in [0.29, 0.717) is 0 Å². The smallest absolute Gasteiger partial charge is 0.377 e. The van der Waals surface area contributed by atoms with Crippen molar-refractivity contribution in [3.63, 3.8) is 0 Å². The number of carbonyl (C=O) groups is 1. The van der Waals surface area contributed by atoms with E-state index in [1.165, 1.54) is 7.11 Å². The van der Waals surface area contributed by atoms with E-state index in [-0.39, 0.29) is 11.3 Å². The molecule has 0 saturated heterocycles. The van der Waals surface area contributed by atoms with Crippen LogP contribution in [0.1, 0.15) is 13.3 Å². The van der Waals surface area contributed by atoms with E-state index in [1.807, 2.05) is 0 Å². The van der Waals surface area contributed by atoms with Crippen LogP contribution in [0.2, 0.25) is 0 Å². The van der Waals surface area contributed by atoms with Crippen LogP contribution in [0.15, 0.2) is 5.28 Å². The lowest BCUT2D eigenvalue weighted by molar-refractivity contribution is -0.582. The Bertz CT molecular complexity index is 168. The minimum absolute atomic E-state index is 0.0301. The van der Waals surface area contributed by atoms with Crippen molar-refractivity contribution in [1.82, 2.24) is 0 Å². The Morgan fingerprint density at radius 3 is 2.73 bits per heavy atom. The predicted octanol–water partition coefficient (Wildman–Crippen LogP) is 0.373. The third-order valence-corrected chi connectivity index (χ3v) is 1.10. The van der Waals surface area contributed by atoms with Gasteiger partial charge in [0.1, 0.15) is 7.11 Å². The molecule has 6 nitrogen and oxygen atoms in total. The van der Waals surface area contributed by atoms with Crippen LogP contribution in [0.5, 0.6) is 0 Å². The summed E-state index contributed by atoms with van der Waals surface area (Å²) in [5.74, 6) is -1.21. The third kappa shape index (κ3) is 2.83. The van der Waals surface area contributed by atoms with Crippen molar-refractivity contribution < 1.29 is 19.6 Å². The first-order valence-corrected chi connectivity index (χ1v) is 3.06. The number of rotatable bonds is 4. The van der Waals surface area contributed by atoms with Crippen LogP contribution in [0.3, 0.4) is 0 Å². The molecule has 1 unspecified atom stereocenters. The highest BCUT2D eigenvalue weighted by molar-refractivity contribution is 5.71. The molecule has 0 aliphatic carbocycles. The summed E-state index contributed by atoms with van der Waals surface area (Å²) in [6.45, 7) is 1.58. The van der Waals surface area contributed by atoms with Gasteiger partial charge >= 0.3 is 5.97 Å². The molecule has 6 heteroatoms. The SMILES string of the molecule is CCC(C(=O)O)/[N+]([O-])=N/OC. The second-order valence-corrected chi connectivity index (χ2v) is 1.83. The monoisotopic (exact) mass is 162 g/mol. The van der Waals surface area contributed by atoms with Crippen molar-refractivity contribution in [2.24, 2.45) is 5.28 Å². The Balaban J connectivity index is 4.25. The van der Waals surface area contributed by atoms with Crippen molar-refractivity contribution in [2.75, 3.05) is 7.11 Å². The molecule has 1 atom stereocenters. The molecule has 0 bridgehead atoms. The molecule has 0 radical (unpaired) electrons. The standard InChI is InChI=1S/C5H10N2O4/c1-3-4(5(8)9)7(10)6-11-2/h4H,3H2,1-2H3,(H,8,9)/b7-6-. The van der Waals surface area contributed by atoms with E-state index in [1.54, 1.807) is 6.92 Å². The molecule has 0 amide bonds. The lowest BCUT2D eigenvalue weighted by atomic mass is 10.2. The molecule has 0 saturated carbocycles. The molecule has 0 aliphatic rings. The molecular formula is C5H10N2O4. The summed E-state index contributed by atoms with van der Waals surface area (Å²) in [6.07, 6.45) is 0.186. The van der Waals surface area contributed by atoms with Crippen LogP contribution in [0.4, 0.5) is 0 Å². The average Bonchev–Trinajstić information content (AvgIpc) is 1.88. The van der Waals surface area contributed by atoms with Gasteiger partial charge in [-0.2, -0.15) is 0 Å². The summed E-state index contributed by atoms with van der Waals surface area (Å²) in [5, 5.41) is 22.0. The van der Waals surface area contributed by atoms with Crippen LogP contribution in [0.25, 0.3) is 0 Å². The Morgan fingerprint density at radius 1 is 1.91 bits per heavy atom. The van der Waals surface area contributed by atoms with E-state index >= 15 is 0 Å². The maximum atomic E-state index is 10.7. The Morgan fingerprint density at radius 2 is 2.45 bits per heavy atom. The Kier molecular flexibility index (Phi) is 3.94. The molecule has 11 heavy (non-hydrogen) atoms. The Hall–Kier alpha value is -1.33. The summed E-state index contributed by atoms with van der Waals surface area (Å²) in [6, 6.07) is -1.16. The number of nitrogens with zero attached hydrogens (tertiary/aromatic N) is 2. The van der Waals surface area contributed by atoms with E-state index < -0.39 is 12.0 Å². The average molecular weight is 162 g/mol. The first kappa shape index (κ1) is 9.67. The molecule has 0 aromatic heterocycles. The highest BCUT2D eigenvalue weighted by atomic mass is 16.7. The molecule has 0 aromatic carbocycles. The first-order chi connectivity index (χ1) is 5.13. The van der Waals surface area contributed by atoms with Gasteiger partial charge in [-0.3, -0.25) is 0 Å². The lowest BCUT2D eigenvalue weighted by Crippen LogP contribution is -2.28. The summed E-state index contributed by atoms with van der Waals surface area (Å²) in [5.41, 5.74) is 0. The number of hydroxylamine groups is 1. The van der Waals surface area contributed by atoms with Gasteiger partial charge in [0.05, 0.1) is 0 Å². The fraction of sp³-hybridized carbons (Fsp3) is 0.800. The zero-order valence-corrected chi connectivity index (χ0v) is 6.35. The highest BCUT2D eigenvalue weighted by Gasteiger charge is 2.25. The quantitative estimate of drug-likeness (QED) is 0.367. The fourth-order valence-electron chi connectivity index (χ4n) is 0.563. The summed E-state index contributed by atoms with van der Waals surface area (Å²) in [4.78, 5) is 14.4. The molecule has 1 N–H and O–H groups in total. The Labute approximate surface area is 63.6 Å². The van der Waals surface area contributed by atoms with Gasteiger partial charge < -0.3 is 15.2 Å². The normalized spacial score (nSPS) is 14.2. The van der Waals surface area contributed by atoms with Crippen molar-refractivity contribution >= 4 is 5.97 Å². The zero-order valence-electron chi connectivity index (χ0n) is 6.35. The van der Waals surface area contributed by atoms with E-state index in [9.17, 15) is 10.0 Å². The number of carboxylic acids is 1. The highest BCUT2D eigenvalue weighted by Crippen LogP contribution is 1.97. The minimum Gasteiger partial charge on any atom is -0.597 e. The molecule has 0 aliphatic heterocycles. The lowest BCUT2D eigenvalue weighted by Gasteiger charge is -2.05. The number of carboxylic acid groups (broad SMARTS) is 1. The largest absolute Gasteiger partial charge is 0.597 e. The molecule has 0 spiro atoms. The minimum atomic E-state index is -1.21. The zero-order chi connectivity index (χ0) is 8.85. The number of aliphatic carboxylic acids is 1. The topological polar surface area (TPSA) is 85.0 Å². The van der Waals surface area contributed by atoms with Crippen molar-refractivity contribution in [1.29, 1.82) is 0 Å². The number of hydrogen-bond donors (Lipinski definition) is 1. The molecule has 64 valence electrons. The van der Waals surface area contributed by atoms with Gasteiger partial charge in [0.15, 0.2) is 0 Å². The number of hydrogen-bond acceptors (Lipinski definition) is 4. The van der Waals surface area contributed by atoms with Crippen molar-refractivity contribution in [2.45, 2.75) is 19.4 Å². The van der Waals surface area contributed by atoms with Gasteiger partial charge in [0, 0.05) is 6.42 Å². The first-order valence-electron chi connectivity index (χ1n) is 3.06. The van der Waals surface area contributed by atoms with Crippen molar-refractivity contribution in [3.8, 4) is 0 Å². The van der Waals surface area contributed by atoms with Gasteiger partial charge in [0.25, 0.3) is 6.04 Å². The summed E-state index contributed by atoms with van der Waals surface area (Å²) < 4.78 is 0. The second-order valence-electron chi connectivity index (χ2n) is 1.83. The molecule has 0 aromatic rings. The predicted molar refractivity (Wildman–Crippen MR) is 34.8 cm³/mol. The fourth-order valence-corrected chi connectivity index (χ4v) is 0.563. The van der Waals surface area contributed by atoms with Gasteiger partial charge in [-0.15, -0.1) is 0 Å². The molecular weight excluding hydrogens is 152 g/mol. The summed E-state index contributed by atoms with van der Waals surface area (Å²) in [7, 11) is 1.18. The van der Waals surface area contributed by atoms with E-state index in [0.717, 1.165) is 0 Å². The van der Waals surface area contributed by atoms with Gasteiger partial charge in [0.2, 0.25) is 5.28 Å². The summed E-state index contributed by atoms with van der Waals surface area (Å²) >= 11 is 0. The molecule has 0 heterocycles. The van der Waals surface area contributed by atoms with Gasteiger partial charge in [-0.1, -0.05) is 6.92 Å². The molecule has 0 fully saturated rings. The van der Waals surface area contributed by atoms with Crippen molar-refractivity contribution in [3.05, 3.63) is 5.21 Å². The second kappa shape index (κ2) is 4.48. The van der Waals surface area contributed by atoms with Crippen LogP contribution in [-0.2, 0) is 9.63 Å². The van der Waals surface area contributed by atoms with E-state index in [2.05, 4.69) is 10.1 Å². The van der Waals surface area contributed by atoms with Crippen LogP contribution in [0, 0.1) is 5.21 Å². The van der Waals surface area contributed by atoms with Gasteiger partial charge in [-0.05, 0) is 4.86 Å². The third-order valence-electron chi connectivity index (χ3n) is 1.10. The molecule has 0 rings (SSSR count). The maximum Gasteiger partial charge on any atom is 0.377 e.